The van der Waals surface area contributed by atoms with Gasteiger partial charge in [0.25, 0.3) is 0 Å². The molecule has 2 aliphatic heterocycles. The number of hydrogen-bond donors (Lipinski definition) is 1. The van der Waals surface area contributed by atoms with Crippen molar-refractivity contribution in [1.82, 2.24) is 5.32 Å². The lowest BCUT2D eigenvalue weighted by molar-refractivity contribution is 0.219. The summed E-state index contributed by atoms with van der Waals surface area (Å²) in [4.78, 5) is 0. The number of benzene rings is 1. The van der Waals surface area contributed by atoms with Gasteiger partial charge in [0, 0.05) is 11.5 Å². The quantitative estimate of drug-likeness (QED) is 0.771. The first-order valence-corrected chi connectivity index (χ1v) is 5.47. The topological polar surface area (TPSA) is 21.3 Å². The third-order valence-corrected chi connectivity index (χ3v) is 2.86. The zero-order chi connectivity index (χ0) is 10.8. The van der Waals surface area contributed by atoms with Crippen molar-refractivity contribution in [2.75, 3.05) is 0 Å². The van der Waals surface area contributed by atoms with Crippen molar-refractivity contribution in [3.8, 4) is 5.75 Å². The van der Waals surface area contributed by atoms with Gasteiger partial charge in [0.15, 0.2) is 0 Å². The van der Waals surface area contributed by atoms with Gasteiger partial charge in [0.1, 0.15) is 11.9 Å². The van der Waals surface area contributed by atoms with Crippen LogP contribution in [0.2, 0.25) is 0 Å². The van der Waals surface area contributed by atoms with E-state index in [0.29, 0.717) is 5.92 Å². The van der Waals surface area contributed by atoms with Crippen LogP contribution in [0.25, 0.3) is 6.08 Å². The van der Waals surface area contributed by atoms with E-state index in [9.17, 15) is 0 Å². The number of nitrogens with one attached hydrogen (secondary N) is 1. The normalized spacial score (nSPS) is 22.4. The van der Waals surface area contributed by atoms with Gasteiger partial charge in [-0.25, -0.2) is 0 Å². The Balaban J connectivity index is 1.85. The molecule has 0 amide bonds. The summed E-state index contributed by atoms with van der Waals surface area (Å²) in [6.45, 7) is 0. The van der Waals surface area contributed by atoms with E-state index in [1.807, 2.05) is 30.6 Å². The second kappa shape index (κ2) is 3.89. The van der Waals surface area contributed by atoms with Gasteiger partial charge in [0.2, 0.25) is 0 Å². The lowest BCUT2D eigenvalue weighted by Crippen LogP contribution is -2.26. The highest BCUT2D eigenvalue weighted by molar-refractivity contribution is 5.60. The second-order valence-electron chi connectivity index (χ2n) is 3.94. The maximum Gasteiger partial charge on any atom is 0.127 e. The molecule has 0 spiro atoms. The van der Waals surface area contributed by atoms with Crippen molar-refractivity contribution in [2.24, 2.45) is 5.92 Å². The first kappa shape index (κ1) is 9.28. The van der Waals surface area contributed by atoms with Crippen molar-refractivity contribution in [3.63, 3.8) is 0 Å². The molecule has 1 atom stereocenters. The molecule has 3 rings (SSSR count). The van der Waals surface area contributed by atoms with E-state index in [0.717, 1.165) is 11.3 Å². The molecule has 1 aromatic rings. The molecule has 0 fully saturated rings. The molecule has 2 nitrogen and oxygen atoms in total. The maximum absolute atomic E-state index is 5.95. The minimum atomic E-state index is 0.101. The van der Waals surface area contributed by atoms with E-state index in [4.69, 9.17) is 4.74 Å². The summed E-state index contributed by atoms with van der Waals surface area (Å²) in [6, 6.07) is 8.11. The molecule has 80 valence electrons. The fourth-order valence-electron chi connectivity index (χ4n) is 1.99. The third kappa shape index (κ3) is 1.63. The molecule has 1 unspecified atom stereocenters. The Labute approximate surface area is 94.9 Å². The van der Waals surface area contributed by atoms with Crippen LogP contribution in [0.1, 0.15) is 5.56 Å². The van der Waals surface area contributed by atoms with E-state index in [1.54, 1.807) is 0 Å². The van der Waals surface area contributed by atoms with E-state index in [1.165, 1.54) is 0 Å². The molecular weight excluding hydrogens is 198 g/mol. The molecule has 2 heterocycles. The van der Waals surface area contributed by atoms with Gasteiger partial charge in [-0.05, 0) is 24.5 Å². The van der Waals surface area contributed by atoms with Crippen LogP contribution in [-0.2, 0) is 0 Å². The van der Waals surface area contributed by atoms with E-state index in [2.05, 4.69) is 35.7 Å². The van der Waals surface area contributed by atoms with Crippen LogP contribution in [0.15, 0.2) is 54.9 Å². The number of para-hydroxylation sites is 1. The number of hydrogen-bond acceptors (Lipinski definition) is 2. The van der Waals surface area contributed by atoms with Gasteiger partial charge in [-0.15, -0.1) is 0 Å². The standard InChI is InChI=1S/C14H13NO/c1-2-4-13-11(3-1)5-6-14(16-13)12-7-9-15-10-8-12/h1-10,12,14-15H. The Morgan fingerprint density at radius 1 is 1.00 bits per heavy atom. The van der Waals surface area contributed by atoms with Crippen LogP contribution < -0.4 is 10.1 Å². The molecule has 0 aromatic heterocycles. The van der Waals surface area contributed by atoms with Crippen LogP contribution in [-0.4, -0.2) is 6.10 Å². The van der Waals surface area contributed by atoms with Gasteiger partial charge in [0.05, 0.1) is 0 Å². The minimum Gasteiger partial charge on any atom is -0.485 e. The first-order chi connectivity index (χ1) is 7.93. The Kier molecular flexibility index (Phi) is 2.26. The minimum absolute atomic E-state index is 0.101. The molecule has 1 N–H and O–H groups in total. The molecule has 16 heavy (non-hydrogen) atoms. The van der Waals surface area contributed by atoms with Crippen molar-refractivity contribution in [3.05, 3.63) is 60.5 Å². The fraction of sp³-hybridized carbons (Fsp3) is 0.143. The van der Waals surface area contributed by atoms with Gasteiger partial charge in [-0.3, -0.25) is 0 Å². The van der Waals surface area contributed by atoms with Crippen LogP contribution in [0.5, 0.6) is 5.75 Å². The predicted molar refractivity (Wildman–Crippen MR) is 64.8 cm³/mol. The van der Waals surface area contributed by atoms with E-state index in [-0.39, 0.29) is 6.10 Å². The molecule has 0 radical (unpaired) electrons. The Morgan fingerprint density at radius 3 is 2.69 bits per heavy atom. The molecule has 2 heteroatoms. The summed E-state index contributed by atoms with van der Waals surface area (Å²) < 4.78 is 5.95. The molecule has 1 aromatic carbocycles. The summed E-state index contributed by atoms with van der Waals surface area (Å²) >= 11 is 0. The average molecular weight is 211 g/mol. The zero-order valence-corrected chi connectivity index (χ0v) is 8.84. The number of dihydropyridines is 1. The number of rotatable bonds is 1. The molecular formula is C14H13NO. The smallest absolute Gasteiger partial charge is 0.127 e. The Bertz CT molecular complexity index is 461. The van der Waals surface area contributed by atoms with Crippen molar-refractivity contribution in [2.45, 2.75) is 6.10 Å². The zero-order valence-electron chi connectivity index (χ0n) is 8.84. The summed E-state index contributed by atoms with van der Waals surface area (Å²) in [6.07, 6.45) is 12.5. The van der Waals surface area contributed by atoms with E-state index >= 15 is 0 Å². The second-order valence-corrected chi connectivity index (χ2v) is 3.94. The lowest BCUT2D eigenvalue weighted by atomic mass is 9.97. The average Bonchev–Trinajstić information content (AvgIpc) is 2.39. The van der Waals surface area contributed by atoms with Gasteiger partial charge in [-0.1, -0.05) is 36.4 Å². The van der Waals surface area contributed by atoms with Crippen LogP contribution in [0, 0.1) is 5.92 Å². The summed E-state index contributed by atoms with van der Waals surface area (Å²) in [5.41, 5.74) is 1.15. The molecule has 0 saturated heterocycles. The Morgan fingerprint density at radius 2 is 1.81 bits per heavy atom. The van der Waals surface area contributed by atoms with Crippen LogP contribution >= 0.6 is 0 Å². The lowest BCUT2D eigenvalue weighted by Gasteiger charge is -2.26. The monoisotopic (exact) mass is 211 g/mol. The summed E-state index contributed by atoms with van der Waals surface area (Å²) in [5, 5.41) is 3.03. The van der Waals surface area contributed by atoms with E-state index < -0.39 is 0 Å². The van der Waals surface area contributed by atoms with Crippen molar-refractivity contribution < 1.29 is 4.74 Å². The fourth-order valence-corrected chi connectivity index (χ4v) is 1.99. The highest BCUT2D eigenvalue weighted by Crippen LogP contribution is 2.29. The maximum atomic E-state index is 5.95. The predicted octanol–water partition coefficient (Wildman–Crippen LogP) is 2.71. The summed E-state index contributed by atoms with van der Waals surface area (Å²) in [7, 11) is 0. The highest BCUT2D eigenvalue weighted by atomic mass is 16.5. The molecule has 0 aliphatic carbocycles. The van der Waals surface area contributed by atoms with Crippen molar-refractivity contribution in [1.29, 1.82) is 0 Å². The van der Waals surface area contributed by atoms with Gasteiger partial charge >= 0.3 is 0 Å². The van der Waals surface area contributed by atoms with Crippen LogP contribution in [0.3, 0.4) is 0 Å². The Hall–Kier alpha value is -1.96. The largest absolute Gasteiger partial charge is 0.485 e. The molecule has 2 aliphatic rings. The van der Waals surface area contributed by atoms with Gasteiger partial charge < -0.3 is 10.1 Å². The number of fused-ring (bicyclic) bond motifs is 1. The van der Waals surface area contributed by atoms with Crippen LogP contribution in [0.4, 0.5) is 0 Å². The summed E-state index contributed by atoms with van der Waals surface area (Å²) in [5.74, 6) is 1.28. The molecule has 0 saturated carbocycles. The van der Waals surface area contributed by atoms with Crippen molar-refractivity contribution >= 4 is 6.08 Å². The number of ether oxygens (including phenoxy) is 1. The third-order valence-electron chi connectivity index (χ3n) is 2.86. The SMILES string of the molecule is C1=CC(C2C=Cc3ccccc3O2)C=CN1. The first-order valence-electron chi connectivity index (χ1n) is 5.47. The molecule has 0 bridgehead atoms. The highest BCUT2D eigenvalue weighted by Gasteiger charge is 2.20. The van der Waals surface area contributed by atoms with Gasteiger partial charge in [-0.2, -0.15) is 0 Å².